The summed E-state index contributed by atoms with van der Waals surface area (Å²) in [6, 6.07) is 7.89. The molecule has 2 aliphatic carbocycles. The lowest BCUT2D eigenvalue weighted by molar-refractivity contribution is -0.127. The highest BCUT2D eigenvalue weighted by molar-refractivity contribution is 6.30. The smallest absolute Gasteiger partial charge is 0.224 e. The quantitative estimate of drug-likeness (QED) is 0.895. The topological polar surface area (TPSA) is 55.1 Å². The van der Waals surface area contributed by atoms with Crippen LogP contribution in [0.15, 0.2) is 24.3 Å². The highest BCUT2D eigenvalue weighted by Gasteiger charge is 2.49. The van der Waals surface area contributed by atoms with E-state index in [0.29, 0.717) is 18.4 Å². The average Bonchev–Trinajstić information content (AvgIpc) is 3.06. The molecule has 3 nitrogen and oxygen atoms in total. The molecule has 0 aromatic heterocycles. The van der Waals surface area contributed by atoms with Crippen molar-refractivity contribution < 1.29 is 4.79 Å². The van der Waals surface area contributed by atoms with E-state index in [9.17, 15) is 4.79 Å². The fraction of sp³-hybridized carbons (Fsp3) is 0.611. The third-order valence-electron chi connectivity index (χ3n) is 5.61. The molecule has 4 unspecified atom stereocenters. The van der Waals surface area contributed by atoms with Gasteiger partial charge in [0.2, 0.25) is 5.91 Å². The molecule has 2 saturated carbocycles. The summed E-state index contributed by atoms with van der Waals surface area (Å²) in [6.45, 7) is 4.89. The highest BCUT2D eigenvalue weighted by Crippen LogP contribution is 2.47. The second-order valence-corrected chi connectivity index (χ2v) is 7.98. The van der Waals surface area contributed by atoms with Gasteiger partial charge in [0.05, 0.1) is 5.92 Å². The summed E-state index contributed by atoms with van der Waals surface area (Å²) in [5.41, 5.74) is 7.31. The van der Waals surface area contributed by atoms with Crippen molar-refractivity contribution in [1.29, 1.82) is 0 Å². The van der Waals surface area contributed by atoms with E-state index in [-0.39, 0.29) is 23.3 Å². The zero-order valence-corrected chi connectivity index (χ0v) is 14.1. The number of carbonyl (C=O) groups is 1. The van der Waals surface area contributed by atoms with Crippen molar-refractivity contribution in [1.82, 2.24) is 5.32 Å². The van der Waals surface area contributed by atoms with Crippen LogP contribution in [-0.2, 0) is 10.2 Å². The van der Waals surface area contributed by atoms with Gasteiger partial charge < -0.3 is 11.1 Å². The van der Waals surface area contributed by atoms with Gasteiger partial charge >= 0.3 is 0 Å². The monoisotopic (exact) mass is 320 g/mol. The molecule has 3 rings (SSSR count). The SMILES string of the molecule is CC(C)(CNC(=O)C1C2CCC(C2)C1N)c1ccc(Cl)cc1. The summed E-state index contributed by atoms with van der Waals surface area (Å²) in [5.74, 6) is 1.21. The third kappa shape index (κ3) is 2.89. The standard InChI is InChI=1S/C18H25ClN2O/c1-18(2,13-5-7-14(19)8-6-13)10-21-17(22)15-11-3-4-12(9-11)16(15)20/h5-8,11-12,15-16H,3-4,9-10,20H2,1-2H3,(H,21,22). The number of fused-ring (bicyclic) bond motifs is 2. The average molecular weight is 321 g/mol. The molecule has 0 spiro atoms. The van der Waals surface area contributed by atoms with Crippen molar-refractivity contribution >= 4 is 17.5 Å². The fourth-order valence-corrected chi connectivity index (χ4v) is 4.28. The summed E-state index contributed by atoms with van der Waals surface area (Å²) < 4.78 is 0. The maximum atomic E-state index is 12.6. The Morgan fingerprint density at radius 1 is 1.27 bits per heavy atom. The Kier molecular flexibility index (Phi) is 4.21. The fourth-order valence-electron chi connectivity index (χ4n) is 4.15. The Hall–Kier alpha value is -1.06. The summed E-state index contributed by atoms with van der Waals surface area (Å²) in [6.07, 6.45) is 3.50. The molecule has 0 heterocycles. The second kappa shape index (κ2) is 5.86. The third-order valence-corrected chi connectivity index (χ3v) is 5.87. The zero-order chi connectivity index (χ0) is 15.9. The second-order valence-electron chi connectivity index (χ2n) is 7.54. The normalized spacial score (nSPS) is 30.5. The van der Waals surface area contributed by atoms with E-state index >= 15 is 0 Å². The largest absolute Gasteiger partial charge is 0.355 e. The number of halogens is 1. The summed E-state index contributed by atoms with van der Waals surface area (Å²) >= 11 is 5.94. The van der Waals surface area contributed by atoms with E-state index < -0.39 is 0 Å². The number of amides is 1. The van der Waals surface area contributed by atoms with Gasteiger partial charge in [0, 0.05) is 23.0 Å². The van der Waals surface area contributed by atoms with Gasteiger partial charge in [0.25, 0.3) is 0 Å². The Morgan fingerprint density at radius 3 is 2.50 bits per heavy atom. The lowest BCUT2D eigenvalue weighted by Gasteiger charge is -2.30. The Labute approximate surface area is 137 Å². The predicted molar refractivity (Wildman–Crippen MR) is 89.8 cm³/mol. The minimum atomic E-state index is -0.123. The maximum Gasteiger partial charge on any atom is 0.224 e. The molecule has 2 bridgehead atoms. The molecule has 3 N–H and O–H groups in total. The summed E-state index contributed by atoms with van der Waals surface area (Å²) in [7, 11) is 0. The van der Waals surface area contributed by atoms with Crippen LogP contribution >= 0.6 is 11.6 Å². The van der Waals surface area contributed by atoms with E-state index in [1.54, 1.807) is 0 Å². The molecule has 120 valence electrons. The molecule has 1 aromatic rings. The van der Waals surface area contributed by atoms with Gasteiger partial charge in [-0.25, -0.2) is 0 Å². The number of hydrogen-bond acceptors (Lipinski definition) is 2. The van der Waals surface area contributed by atoms with Gasteiger partial charge in [0.15, 0.2) is 0 Å². The van der Waals surface area contributed by atoms with Gasteiger partial charge in [-0.15, -0.1) is 0 Å². The van der Waals surface area contributed by atoms with Gasteiger partial charge in [0.1, 0.15) is 0 Å². The first-order chi connectivity index (χ1) is 10.4. The first-order valence-electron chi connectivity index (χ1n) is 8.18. The van der Waals surface area contributed by atoms with Gasteiger partial charge in [-0.2, -0.15) is 0 Å². The number of carbonyl (C=O) groups excluding carboxylic acids is 1. The Morgan fingerprint density at radius 2 is 1.91 bits per heavy atom. The van der Waals surface area contributed by atoms with Crippen molar-refractivity contribution in [2.24, 2.45) is 23.5 Å². The van der Waals surface area contributed by atoms with E-state index in [1.807, 2.05) is 24.3 Å². The van der Waals surface area contributed by atoms with E-state index in [2.05, 4.69) is 19.2 Å². The first kappa shape index (κ1) is 15.8. The summed E-state index contributed by atoms with van der Waals surface area (Å²) in [4.78, 5) is 12.6. The molecule has 1 amide bonds. The Balaban J connectivity index is 1.62. The van der Waals surface area contributed by atoms with E-state index in [4.69, 9.17) is 17.3 Å². The first-order valence-corrected chi connectivity index (χ1v) is 8.55. The number of nitrogens with two attached hydrogens (primary N) is 1. The van der Waals surface area contributed by atoms with Crippen LogP contribution < -0.4 is 11.1 Å². The molecule has 2 aliphatic rings. The molecule has 2 fully saturated rings. The van der Waals surface area contributed by atoms with Crippen LogP contribution in [0.5, 0.6) is 0 Å². The van der Waals surface area contributed by atoms with Crippen molar-refractivity contribution in [3.63, 3.8) is 0 Å². The molecule has 0 aliphatic heterocycles. The Bertz CT molecular complexity index is 553. The van der Waals surface area contributed by atoms with E-state index in [0.717, 1.165) is 17.9 Å². The molecular weight excluding hydrogens is 296 g/mol. The molecule has 4 atom stereocenters. The van der Waals surface area contributed by atoms with Gasteiger partial charge in [-0.05, 0) is 48.8 Å². The molecule has 4 heteroatoms. The van der Waals surface area contributed by atoms with Crippen LogP contribution in [0.3, 0.4) is 0 Å². The van der Waals surface area contributed by atoms with Crippen LogP contribution in [0.2, 0.25) is 5.02 Å². The highest BCUT2D eigenvalue weighted by atomic mass is 35.5. The number of benzene rings is 1. The van der Waals surface area contributed by atoms with Gasteiger partial charge in [-0.1, -0.05) is 37.6 Å². The summed E-state index contributed by atoms with van der Waals surface area (Å²) in [5, 5.41) is 3.87. The maximum absolute atomic E-state index is 12.6. The minimum Gasteiger partial charge on any atom is -0.355 e. The minimum absolute atomic E-state index is 0.0137. The van der Waals surface area contributed by atoms with Crippen LogP contribution in [0.25, 0.3) is 0 Å². The van der Waals surface area contributed by atoms with Crippen LogP contribution in [0, 0.1) is 17.8 Å². The molecular formula is C18H25ClN2O. The van der Waals surface area contributed by atoms with Crippen LogP contribution in [0.4, 0.5) is 0 Å². The molecule has 1 aromatic carbocycles. The molecule has 22 heavy (non-hydrogen) atoms. The van der Waals surface area contributed by atoms with Crippen molar-refractivity contribution in [3.05, 3.63) is 34.9 Å². The number of rotatable bonds is 4. The van der Waals surface area contributed by atoms with E-state index in [1.165, 1.54) is 12.0 Å². The van der Waals surface area contributed by atoms with Crippen molar-refractivity contribution in [3.8, 4) is 0 Å². The zero-order valence-electron chi connectivity index (χ0n) is 13.3. The number of hydrogen-bond donors (Lipinski definition) is 2. The number of nitrogens with one attached hydrogen (secondary N) is 1. The predicted octanol–water partition coefficient (Wildman–Crippen LogP) is 3.11. The van der Waals surface area contributed by atoms with Crippen LogP contribution in [-0.4, -0.2) is 18.5 Å². The van der Waals surface area contributed by atoms with Crippen molar-refractivity contribution in [2.75, 3.05) is 6.54 Å². The van der Waals surface area contributed by atoms with Gasteiger partial charge in [-0.3, -0.25) is 4.79 Å². The lowest BCUT2D eigenvalue weighted by atomic mass is 9.82. The van der Waals surface area contributed by atoms with Crippen molar-refractivity contribution in [2.45, 2.75) is 44.6 Å². The molecule has 0 radical (unpaired) electrons. The lowest BCUT2D eigenvalue weighted by Crippen LogP contribution is -2.47. The molecule has 0 saturated heterocycles. The van der Waals surface area contributed by atoms with Crippen LogP contribution in [0.1, 0.15) is 38.7 Å².